The number of methoxy groups -OCH3 is 2. The lowest BCUT2D eigenvalue weighted by Crippen LogP contribution is -1.99. The molecule has 7 heteroatoms. The average Bonchev–Trinajstić information content (AvgIpc) is 2.64. The molecule has 0 saturated carbocycles. The molecule has 0 saturated heterocycles. The summed E-state index contributed by atoms with van der Waals surface area (Å²) in [5, 5.41) is 13.0. The largest absolute Gasteiger partial charge is 0.504 e. The van der Waals surface area contributed by atoms with Crippen LogP contribution in [0.15, 0.2) is 35.5 Å². The molecule has 7 nitrogen and oxygen atoms in total. The number of aryl methyl sites for hydroxylation is 1. The Labute approximate surface area is 145 Å². The molecule has 0 bridgehead atoms. The average molecular weight is 345 g/mol. The van der Waals surface area contributed by atoms with Gasteiger partial charge >= 0.3 is 0 Å². The van der Waals surface area contributed by atoms with Gasteiger partial charge in [0, 0.05) is 18.1 Å². The first-order valence-electron chi connectivity index (χ1n) is 7.59. The van der Waals surface area contributed by atoms with E-state index in [1.807, 2.05) is 0 Å². The van der Waals surface area contributed by atoms with Crippen molar-refractivity contribution in [3.05, 3.63) is 46.4 Å². The zero-order valence-corrected chi connectivity index (χ0v) is 14.0. The Kier molecular flexibility index (Phi) is 6.33. The minimum Gasteiger partial charge on any atom is -0.504 e. The third-order valence-electron chi connectivity index (χ3n) is 3.64. The smallest absolute Gasteiger partial charge is 0.163 e. The number of nitrogens with zero attached hydrogens (tertiary/aromatic N) is 1. The number of aldehydes is 1. The van der Waals surface area contributed by atoms with E-state index in [1.54, 1.807) is 24.3 Å². The molecule has 0 amide bonds. The predicted molar refractivity (Wildman–Crippen MR) is 91.8 cm³/mol. The van der Waals surface area contributed by atoms with E-state index in [0.717, 1.165) is 11.8 Å². The van der Waals surface area contributed by atoms with Crippen LogP contribution in [0.2, 0.25) is 0 Å². The Balaban J connectivity index is 2.18. The number of hydrogen-bond acceptors (Lipinski definition) is 7. The summed E-state index contributed by atoms with van der Waals surface area (Å²) >= 11 is 0. The van der Waals surface area contributed by atoms with Gasteiger partial charge in [0.15, 0.2) is 23.0 Å². The maximum atomic E-state index is 11.0. The second kappa shape index (κ2) is 8.68. The molecule has 1 N–H and O–H groups in total. The van der Waals surface area contributed by atoms with Crippen molar-refractivity contribution in [3.8, 4) is 23.0 Å². The van der Waals surface area contributed by atoms with Gasteiger partial charge in [0.05, 0.1) is 14.2 Å². The van der Waals surface area contributed by atoms with Crippen molar-refractivity contribution < 1.29 is 24.1 Å². The van der Waals surface area contributed by atoms with Crippen molar-refractivity contribution in [1.82, 2.24) is 0 Å². The first-order valence-corrected chi connectivity index (χ1v) is 7.59. The van der Waals surface area contributed by atoms with Crippen LogP contribution in [0.4, 0.5) is 5.69 Å². The molecule has 0 heterocycles. The normalized spacial score (nSPS) is 10.2. The van der Waals surface area contributed by atoms with Gasteiger partial charge in [0.2, 0.25) is 0 Å². The number of aromatic hydroxyl groups is 1. The molecule has 0 aliphatic carbocycles. The van der Waals surface area contributed by atoms with Gasteiger partial charge in [0.25, 0.3) is 0 Å². The van der Waals surface area contributed by atoms with E-state index >= 15 is 0 Å². The van der Waals surface area contributed by atoms with E-state index in [0.29, 0.717) is 29.9 Å². The second-order valence-corrected chi connectivity index (χ2v) is 5.22. The van der Waals surface area contributed by atoms with Crippen LogP contribution in [-0.4, -0.2) is 25.6 Å². The number of ether oxygens (including phenoxy) is 3. The highest BCUT2D eigenvalue weighted by Crippen LogP contribution is 2.36. The first-order chi connectivity index (χ1) is 12.1. The van der Waals surface area contributed by atoms with Crippen LogP contribution in [0.25, 0.3) is 0 Å². The SMILES string of the molecule is COc1cc(COc2ccc(CCC=O)cc2O)c(N=O)cc1OC. The fourth-order valence-corrected chi connectivity index (χ4v) is 2.33. The summed E-state index contributed by atoms with van der Waals surface area (Å²) in [6.45, 7) is 0.0165. The molecule has 0 unspecified atom stereocenters. The number of carbonyl (C=O) groups is 1. The third-order valence-corrected chi connectivity index (χ3v) is 3.64. The van der Waals surface area contributed by atoms with E-state index in [9.17, 15) is 14.8 Å². The summed E-state index contributed by atoms with van der Waals surface area (Å²) in [6.07, 6.45) is 1.76. The lowest BCUT2D eigenvalue weighted by molar-refractivity contribution is -0.107. The molecule has 25 heavy (non-hydrogen) atoms. The topological polar surface area (TPSA) is 94.4 Å². The van der Waals surface area contributed by atoms with Gasteiger partial charge in [0.1, 0.15) is 18.6 Å². The minimum absolute atomic E-state index is 0.0165. The Bertz CT molecular complexity index is 759. The third kappa shape index (κ3) is 4.47. The highest BCUT2D eigenvalue weighted by molar-refractivity contribution is 5.57. The van der Waals surface area contributed by atoms with Crippen LogP contribution in [0.3, 0.4) is 0 Å². The van der Waals surface area contributed by atoms with Crippen molar-refractivity contribution >= 4 is 12.0 Å². The minimum atomic E-state index is -0.0375. The number of carbonyl (C=O) groups excluding carboxylic acids is 1. The molecule has 0 aromatic heterocycles. The lowest BCUT2D eigenvalue weighted by atomic mass is 10.1. The zero-order chi connectivity index (χ0) is 18.2. The predicted octanol–water partition coefficient (Wildman–Crippen LogP) is 3.52. The molecule has 0 atom stereocenters. The van der Waals surface area contributed by atoms with Crippen LogP contribution < -0.4 is 14.2 Å². The maximum absolute atomic E-state index is 11.0. The maximum Gasteiger partial charge on any atom is 0.163 e. The quantitative estimate of drug-likeness (QED) is 0.552. The summed E-state index contributed by atoms with van der Waals surface area (Å²) in [7, 11) is 2.95. The molecule has 132 valence electrons. The lowest BCUT2D eigenvalue weighted by Gasteiger charge is -2.13. The van der Waals surface area contributed by atoms with Crippen LogP contribution >= 0.6 is 0 Å². The van der Waals surface area contributed by atoms with Gasteiger partial charge in [-0.05, 0) is 35.4 Å². The van der Waals surface area contributed by atoms with Crippen molar-refractivity contribution in [2.45, 2.75) is 19.4 Å². The molecule has 2 aromatic carbocycles. The van der Waals surface area contributed by atoms with Crippen molar-refractivity contribution in [2.24, 2.45) is 5.18 Å². The number of phenolic OH excluding ortho intramolecular Hbond substituents is 1. The monoisotopic (exact) mass is 345 g/mol. The molecule has 0 aliphatic heterocycles. The Morgan fingerprint density at radius 1 is 1.08 bits per heavy atom. The molecule has 2 aromatic rings. The molecule has 0 fully saturated rings. The summed E-state index contributed by atoms with van der Waals surface area (Å²) in [6, 6.07) is 8.00. The van der Waals surface area contributed by atoms with Gasteiger partial charge in [-0.2, -0.15) is 0 Å². The van der Waals surface area contributed by atoms with Crippen LogP contribution in [0, 0.1) is 4.91 Å². The molecular weight excluding hydrogens is 326 g/mol. The van der Waals surface area contributed by atoms with Gasteiger partial charge in [-0.3, -0.25) is 0 Å². The number of nitroso groups, excluding NO2 is 1. The van der Waals surface area contributed by atoms with Gasteiger partial charge < -0.3 is 24.1 Å². The van der Waals surface area contributed by atoms with Gasteiger partial charge in [-0.1, -0.05) is 6.07 Å². The van der Waals surface area contributed by atoms with Crippen LogP contribution in [-0.2, 0) is 17.8 Å². The molecule has 0 aliphatic rings. The fraction of sp³-hybridized carbons (Fsp3) is 0.278. The summed E-state index contributed by atoms with van der Waals surface area (Å²) in [5.41, 5.74) is 1.50. The standard InChI is InChI=1S/C18H19NO6/c1-23-17-9-13(14(19-22)10-18(17)24-2)11-25-16-6-5-12(4-3-7-20)8-15(16)21/h5-10,21H,3-4,11H2,1-2H3. The van der Waals surface area contributed by atoms with E-state index < -0.39 is 0 Å². The molecule has 2 rings (SSSR count). The Morgan fingerprint density at radius 2 is 1.80 bits per heavy atom. The van der Waals surface area contributed by atoms with E-state index in [2.05, 4.69) is 5.18 Å². The van der Waals surface area contributed by atoms with E-state index in [-0.39, 0.29) is 23.8 Å². The van der Waals surface area contributed by atoms with Crippen molar-refractivity contribution in [1.29, 1.82) is 0 Å². The Morgan fingerprint density at radius 3 is 2.40 bits per heavy atom. The molecule has 0 spiro atoms. The Hall–Kier alpha value is -3.09. The zero-order valence-electron chi connectivity index (χ0n) is 14.0. The number of rotatable bonds is 9. The van der Waals surface area contributed by atoms with E-state index in [1.165, 1.54) is 20.3 Å². The van der Waals surface area contributed by atoms with Crippen molar-refractivity contribution in [3.63, 3.8) is 0 Å². The highest BCUT2D eigenvalue weighted by Gasteiger charge is 2.13. The van der Waals surface area contributed by atoms with Crippen LogP contribution in [0.1, 0.15) is 17.5 Å². The van der Waals surface area contributed by atoms with Gasteiger partial charge in [-0.25, -0.2) is 0 Å². The second-order valence-electron chi connectivity index (χ2n) is 5.22. The summed E-state index contributed by atoms with van der Waals surface area (Å²) < 4.78 is 15.9. The summed E-state index contributed by atoms with van der Waals surface area (Å²) in [4.78, 5) is 21.4. The van der Waals surface area contributed by atoms with Crippen molar-refractivity contribution in [2.75, 3.05) is 14.2 Å². The number of hydrogen-bond donors (Lipinski definition) is 1. The number of benzene rings is 2. The fourth-order valence-electron chi connectivity index (χ4n) is 2.33. The summed E-state index contributed by atoms with van der Waals surface area (Å²) in [5.74, 6) is 1.07. The molecule has 0 radical (unpaired) electrons. The number of phenols is 1. The van der Waals surface area contributed by atoms with E-state index in [4.69, 9.17) is 14.2 Å². The molecular formula is C18H19NO6. The highest BCUT2D eigenvalue weighted by atomic mass is 16.5. The van der Waals surface area contributed by atoms with Gasteiger partial charge in [-0.15, -0.1) is 4.91 Å². The first kappa shape index (κ1) is 18.3. The van der Waals surface area contributed by atoms with Crippen LogP contribution in [0.5, 0.6) is 23.0 Å².